The Morgan fingerprint density at radius 3 is 2.47 bits per heavy atom. The second-order valence-corrected chi connectivity index (χ2v) is 7.01. The smallest absolute Gasteiger partial charge is 0.278 e. The van der Waals surface area contributed by atoms with Crippen LogP contribution in [-0.2, 0) is 16.1 Å². The van der Waals surface area contributed by atoms with E-state index in [1.165, 1.54) is 32.4 Å². The molecule has 2 amide bonds. The van der Waals surface area contributed by atoms with Crippen molar-refractivity contribution >= 4 is 23.1 Å². The number of carbonyl (C=O) groups excluding carboxylic acids is 2. The number of hydrogen-bond donors (Lipinski definition) is 1. The molecule has 1 aliphatic rings. The van der Waals surface area contributed by atoms with Crippen LogP contribution in [0.3, 0.4) is 0 Å². The molecule has 0 spiro atoms. The van der Waals surface area contributed by atoms with E-state index in [0.29, 0.717) is 28.3 Å². The lowest BCUT2D eigenvalue weighted by atomic mass is 10.0. The molecule has 1 aliphatic heterocycles. The zero-order chi connectivity index (χ0) is 22.7. The second kappa shape index (κ2) is 8.89. The molecule has 1 N–H and O–H groups in total. The highest BCUT2D eigenvalue weighted by molar-refractivity contribution is 6.36. The summed E-state index contributed by atoms with van der Waals surface area (Å²) in [6, 6.07) is 14.1. The summed E-state index contributed by atoms with van der Waals surface area (Å²) in [5.41, 5.74) is 1.73. The Balaban J connectivity index is 1.79. The van der Waals surface area contributed by atoms with Crippen LogP contribution in [0.15, 0.2) is 72.7 Å². The van der Waals surface area contributed by atoms with Gasteiger partial charge in [0.25, 0.3) is 11.8 Å². The number of methoxy groups -OCH3 is 2. The normalized spacial score (nSPS) is 13.5. The molecule has 2 heterocycles. The van der Waals surface area contributed by atoms with E-state index < -0.39 is 17.6 Å². The minimum absolute atomic E-state index is 0.0522. The molecule has 0 radical (unpaired) electrons. The Bertz CT molecular complexity index is 1210. The van der Waals surface area contributed by atoms with Crippen LogP contribution in [0.5, 0.6) is 11.5 Å². The Morgan fingerprint density at radius 2 is 1.78 bits per heavy atom. The van der Waals surface area contributed by atoms with Crippen LogP contribution < -0.4 is 14.8 Å². The van der Waals surface area contributed by atoms with Crippen molar-refractivity contribution in [3.05, 3.63) is 89.6 Å². The number of imide groups is 1. The van der Waals surface area contributed by atoms with Gasteiger partial charge < -0.3 is 14.8 Å². The van der Waals surface area contributed by atoms with E-state index in [0.717, 1.165) is 4.90 Å². The Labute approximate surface area is 184 Å². The predicted octanol–water partition coefficient (Wildman–Crippen LogP) is 3.63. The number of aromatic nitrogens is 1. The third kappa shape index (κ3) is 4.02. The van der Waals surface area contributed by atoms with Crippen LogP contribution in [0.25, 0.3) is 5.57 Å². The van der Waals surface area contributed by atoms with Crippen LogP contribution in [0.1, 0.15) is 11.1 Å². The minimum Gasteiger partial charge on any atom is -0.493 e. The molecule has 0 saturated heterocycles. The third-order valence-corrected chi connectivity index (χ3v) is 5.00. The van der Waals surface area contributed by atoms with Gasteiger partial charge in [0.2, 0.25) is 0 Å². The van der Waals surface area contributed by atoms with Crippen LogP contribution in [0, 0.1) is 5.82 Å². The molecule has 0 unspecified atom stereocenters. The molecule has 7 nitrogen and oxygen atoms in total. The maximum absolute atomic E-state index is 13.7. The standard InChI is InChI=1S/C24H20FN3O4/c1-31-19-9-8-16(11-20(19)32-2)21-22(27-18-7-3-6-17(25)12-18)24(30)28(23(21)29)14-15-5-4-10-26-13-15/h3-13,27H,14H2,1-2H3. The summed E-state index contributed by atoms with van der Waals surface area (Å²) in [6.07, 6.45) is 3.20. The summed E-state index contributed by atoms with van der Waals surface area (Å²) in [7, 11) is 2.99. The Kier molecular flexibility index (Phi) is 5.85. The first-order chi connectivity index (χ1) is 15.5. The van der Waals surface area contributed by atoms with Crippen molar-refractivity contribution in [1.29, 1.82) is 0 Å². The molecular weight excluding hydrogens is 413 g/mol. The van der Waals surface area contributed by atoms with Crippen molar-refractivity contribution in [2.75, 3.05) is 19.5 Å². The molecule has 0 bridgehead atoms. The topological polar surface area (TPSA) is 80.8 Å². The van der Waals surface area contributed by atoms with Crippen LogP contribution in [-0.4, -0.2) is 35.9 Å². The monoisotopic (exact) mass is 433 g/mol. The summed E-state index contributed by atoms with van der Waals surface area (Å²) in [5, 5.41) is 2.93. The fraction of sp³-hybridized carbons (Fsp3) is 0.125. The quantitative estimate of drug-likeness (QED) is 0.573. The minimum atomic E-state index is -0.520. The molecule has 0 aliphatic carbocycles. The molecular formula is C24H20FN3O4. The maximum Gasteiger partial charge on any atom is 0.278 e. The fourth-order valence-electron chi connectivity index (χ4n) is 3.48. The molecule has 0 fully saturated rings. The van der Waals surface area contributed by atoms with Crippen molar-refractivity contribution in [3.63, 3.8) is 0 Å². The van der Waals surface area contributed by atoms with E-state index in [1.54, 1.807) is 48.8 Å². The maximum atomic E-state index is 13.7. The number of amides is 2. The number of anilines is 1. The molecule has 1 aromatic heterocycles. The van der Waals surface area contributed by atoms with E-state index in [2.05, 4.69) is 10.3 Å². The highest BCUT2D eigenvalue weighted by atomic mass is 19.1. The van der Waals surface area contributed by atoms with E-state index in [4.69, 9.17) is 9.47 Å². The SMILES string of the molecule is COc1ccc(C2=C(Nc3cccc(F)c3)C(=O)N(Cc3cccnc3)C2=O)cc1OC. The number of halogens is 1. The lowest BCUT2D eigenvalue weighted by molar-refractivity contribution is -0.137. The lowest BCUT2D eigenvalue weighted by Gasteiger charge is -2.15. The Hall–Kier alpha value is -4.20. The largest absolute Gasteiger partial charge is 0.493 e. The number of pyridine rings is 1. The molecule has 3 aromatic rings. The molecule has 0 saturated carbocycles. The van der Waals surface area contributed by atoms with Gasteiger partial charge >= 0.3 is 0 Å². The van der Waals surface area contributed by atoms with Crippen molar-refractivity contribution in [3.8, 4) is 11.5 Å². The average Bonchev–Trinajstić information content (AvgIpc) is 3.03. The van der Waals surface area contributed by atoms with Crippen molar-refractivity contribution < 1.29 is 23.5 Å². The number of hydrogen-bond acceptors (Lipinski definition) is 6. The molecule has 4 rings (SSSR count). The van der Waals surface area contributed by atoms with Crippen LogP contribution >= 0.6 is 0 Å². The first kappa shape index (κ1) is 21.0. The van der Waals surface area contributed by atoms with Gasteiger partial charge in [0.1, 0.15) is 11.5 Å². The van der Waals surface area contributed by atoms with Crippen LogP contribution in [0.4, 0.5) is 10.1 Å². The fourth-order valence-corrected chi connectivity index (χ4v) is 3.48. The van der Waals surface area contributed by atoms with E-state index in [1.807, 2.05) is 0 Å². The van der Waals surface area contributed by atoms with Gasteiger partial charge in [-0.3, -0.25) is 19.5 Å². The van der Waals surface area contributed by atoms with Gasteiger partial charge in [-0.2, -0.15) is 0 Å². The number of ether oxygens (including phenoxy) is 2. The number of carbonyl (C=O) groups is 2. The molecule has 2 aromatic carbocycles. The number of nitrogens with zero attached hydrogens (tertiary/aromatic N) is 2. The summed E-state index contributed by atoms with van der Waals surface area (Å²) in [5.74, 6) is -0.570. The molecule has 32 heavy (non-hydrogen) atoms. The number of nitrogens with one attached hydrogen (secondary N) is 1. The predicted molar refractivity (Wildman–Crippen MR) is 116 cm³/mol. The summed E-state index contributed by atoms with van der Waals surface area (Å²) >= 11 is 0. The highest BCUT2D eigenvalue weighted by Crippen LogP contribution is 2.36. The second-order valence-electron chi connectivity index (χ2n) is 7.01. The zero-order valence-corrected chi connectivity index (χ0v) is 17.5. The van der Waals surface area contributed by atoms with E-state index >= 15 is 0 Å². The molecule has 8 heteroatoms. The third-order valence-electron chi connectivity index (χ3n) is 5.00. The summed E-state index contributed by atoms with van der Waals surface area (Å²) in [6.45, 7) is 0.0522. The summed E-state index contributed by atoms with van der Waals surface area (Å²) < 4.78 is 24.4. The lowest BCUT2D eigenvalue weighted by Crippen LogP contribution is -2.32. The first-order valence-corrected chi connectivity index (χ1v) is 9.76. The number of rotatable bonds is 7. The first-order valence-electron chi connectivity index (χ1n) is 9.76. The van der Waals surface area contributed by atoms with Gasteiger partial charge in [-0.05, 0) is 47.5 Å². The Morgan fingerprint density at radius 1 is 0.969 bits per heavy atom. The van der Waals surface area contributed by atoms with Gasteiger partial charge in [-0.1, -0.05) is 18.2 Å². The van der Waals surface area contributed by atoms with Gasteiger partial charge in [0, 0.05) is 18.1 Å². The van der Waals surface area contributed by atoms with Gasteiger partial charge in [0.05, 0.1) is 26.3 Å². The van der Waals surface area contributed by atoms with Crippen molar-refractivity contribution in [2.45, 2.75) is 6.54 Å². The molecule has 0 atom stereocenters. The highest BCUT2D eigenvalue weighted by Gasteiger charge is 2.39. The van der Waals surface area contributed by atoms with E-state index in [-0.39, 0.29) is 17.8 Å². The van der Waals surface area contributed by atoms with Crippen LogP contribution in [0.2, 0.25) is 0 Å². The average molecular weight is 433 g/mol. The van der Waals surface area contributed by atoms with Gasteiger partial charge in [0.15, 0.2) is 11.5 Å². The summed E-state index contributed by atoms with van der Waals surface area (Å²) in [4.78, 5) is 31.8. The van der Waals surface area contributed by atoms with Crippen molar-refractivity contribution in [1.82, 2.24) is 9.88 Å². The van der Waals surface area contributed by atoms with E-state index in [9.17, 15) is 14.0 Å². The van der Waals surface area contributed by atoms with Crippen molar-refractivity contribution in [2.24, 2.45) is 0 Å². The molecule has 162 valence electrons. The zero-order valence-electron chi connectivity index (χ0n) is 17.5. The number of benzene rings is 2. The van der Waals surface area contributed by atoms with Gasteiger partial charge in [-0.15, -0.1) is 0 Å². The van der Waals surface area contributed by atoms with Gasteiger partial charge in [-0.25, -0.2) is 4.39 Å².